The van der Waals surface area contributed by atoms with E-state index in [1.54, 1.807) is 17.0 Å². The second-order valence-corrected chi connectivity index (χ2v) is 7.80. The minimum Gasteiger partial charge on any atom is -0.507 e. The number of rotatable bonds is 9. The molecule has 1 atom stereocenters. The molecule has 1 N–H and O–H groups in total. The lowest BCUT2D eigenvalue weighted by Crippen LogP contribution is -2.32. The number of aliphatic hydroxyl groups excluding tert-OH is 1. The van der Waals surface area contributed by atoms with Crippen molar-refractivity contribution in [2.24, 2.45) is 0 Å². The number of hydrogen-bond acceptors (Lipinski definition) is 6. The van der Waals surface area contributed by atoms with Gasteiger partial charge in [0.25, 0.3) is 11.7 Å². The van der Waals surface area contributed by atoms with Crippen LogP contribution in [0.2, 0.25) is 0 Å². The number of ether oxygens (including phenoxy) is 1. The molecule has 164 valence electrons. The van der Waals surface area contributed by atoms with Gasteiger partial charge in [-0.15, -0.1) is 0 Å². The van der Waals surface area contributed by atoms with Gasteiger partial charge in [-0.25, -0.2) is 0 Å². The molecular weight excluding hydrogens is 394 g/mol. The number of carbonyl (C=O) groups excluding carboxylic acids is 2. The van der Waals surface area contributed by atoms with E-state index in [4.69, 9.17) is 4.74 Å². The summed E-state index contributed by atoms with van der Waals surface area (Å²) in [6.45, 7) is 3.84. The van der Waals surface area contributed by atoms with E-state index >= 15 is 0 Å². The number of carbonyl (C=O) groups is 2. The molecule has 1 fully saturated rings. The Morgan fingerprint density at radius 1 is 1.13 bits per heavy atom. The van der Waals surface area contributed by atoms with Gasteiger partial charge in [-0.3, -0.25) is 14.6 Å². The van der Waals surface area contributed by atoms with Crippen molar-refractivity contribution in [1.29, 1.82) is 0 Å². The summed E-state index contributed by atoms with van der Waals surface area (Å²) in [6.07, 6.45) is 4.69. The van der Waals surface area contributed by atoms with E-state index in [2.05, 4.69) is 4.98 Å². The summed E-state index contributed by atoms with van der Waals surface area (Å²) in [6, 6.07) is 9.94. The SMILES string of the molecule is CCCOc1ccc([C@@H]2/C(=C(\O)c3ccncc3)C(=O)C(=O)N2CCCN(C)C)cc1. The van der Waals surface area contributed by atoms with Crippen LogP contribution in [0.15, 0.2) is 54.4 Å². The highest BCUT2D eigenvalue weighted by Crippen LogP contribution is 2.39. The predicted octanol–water partition coefficient (Wildman–Crippen LogP) is 3.24. The average molecular weight is 424 g/mol. The molecule has 7 heteroatoms. The summed E-state index contributed by atoms with van der Waals surface area (Å²) in [5.74, 6) is -0.724. The third-order valence-electron chi connectivity index (χ3n) is 5.17. The normalized spacial score (nSPS) is 18.1. The first-order valence-electron chi connectivity index (χ1n) is 10.5. The number of pyridine rings is 1. The molecule has 0 spiro atoms. The van der Waals surface area contributed by atoms with Crippen molar-refractivity contribution in [2.75, 3.05) is 33.8 Å². The largest absolute Gasteiger partial charge is 0.507 e. The van der Waals surface area contributed by atoms with Gasteiger partial charge in [0.05, 0.1) is 18.2 Å². The Bertz CT molecular complexity index is 939. The fourth-order valence-corrected chi connectivity index (χ4v) is 3.65. The molecule has 1 amide bonds. The highest BCUT2D eigenvalue weighted by molar-refractivity contribution is 6.46. The summed E-state index contributed by atoms with van der Waals surface area (Å²) in [7, 11) is 3.92. The van der Waals surface area contributed by atoms with Crippen LogP contribution in [0, 0.1) is 0 Å². The molecule has 1 saturated heterocycles. The van der Waals surface area contributed by atoms with Crippen molar-refractivity contribution in [3.8, 4) is 5.75 Å². The molecule has 1 aromatic carbocycles. The highest BCUT2D eigenvalue weighted by atomic mass is 16.5. The molecule has 2 heterocycles. The lowest BCUT2D eigenvalue weighted by molar-refractivity contribution is -0.139. The Morgan fingerprint density at radius 2 is 1.81 bits per heavy atom. The van der Waals surface area contributed by atoms with Gasteiger partial charge in [0.2, 0.25) is 0 Å². The number of benzene rings is 1. The van der Waals surface area contributed by atoms with E-state index in [1.807, 2.05) is 50.2 Å². The Balaban J connectivity index is 2.02. The summed E-state index contributed by atoms with van der Waals surface area (Å²) in [5.41, 5.74) is 1.31. The van der Waals surface area contributed by atoms with Crippen LogP contribution in [0.25, 0.3) is 5.76 Å². The second kappa shape index (κ2) is 10.2. The van der Waals surface area contributed by atoms with Crippen LogP contribution in [0.3, 0.4) is 0 Å². The molecule has 0 unspecified atom stereocenters. The van der Waals surface area contributed by atoms with Crippen LogP contribution >= 0.6 is 0 Å². The first-order chi connectivity index (χ1) is 14.9. The molecule has 2 aromatic rings. The minimum absolute atomic E-state index is 0.100. The maximum atomic E-state index is 13.0. The van der Waals surface area contributed by atoms with E-state index in [1.165, 1.54) is 12.4 Å². The van der Waals surface area contributed by atoms with Crippen LogP contribution in [-0.4, -0.2) is 65.4 Å². The number of ketones is 1. The predicted molar refractivity (Wildman–Crippen MR) is 119 cm³/mol. The zero-order valence-electron chi connectivity index (χ0n) is 18.2. The van der Waals surface area contributed by atoms with Crippen LogP contribution in [-0.2, 0) is 9.59 Å². The zero-order valence-corrected chi connectivity index (χ0v) is 18.2. The van der Waals surface area contributed by atoms with Gasteiger partial charge in [0.15, 0.2) is 0 Å². The molecule has 0 aliphatic carbocycles. The molecule has 1 aromatic heterocycles. The quantitative estimate of drug-likeness (QED) is 0.379. The number of amides is 1. The Morgan fingerprint density at radius 3 is 2.42 bits per heavy atom. The van der Waals surface area contributed by atoms with E-state index in [0.717, 1.165) is 24.3 Å². The molecule has 0 saturated carbocycles. The average Bonchev–Trinajstić information content (AvgIpc) is 3.03. The van der Waals surface area contributed by atoms with Gasteiger partial charge >= 0.3 is 0 Å². The maximum Gasteiger partial charge on any atom is 0.295 e. The Hall–Kier alpha value is -3.19. The fraction of sp³-hybridized carbons (Fsp3) is 0.375. The van der Waals surface area contributed by atoms with Gasteiger partial charge < -0.3 is 19.6 Å². The van der Waals surface area contributed by atoms with Gasteiger partial charge in [0, 0.05) is 24.5 Å². The second-order valence-electron chi connectivity index (χ2n) is 7.80. The van der Waals surface area contributed by atoms with Crippen molar-refractivity contribution in [1.82, 2.24) is 14.8 Å². The molecule has 1 aliphatic rings. The van der Waals surface area contributed by atoms with Crippen molar-refractivity contribution in [2.45, 2.75) is 25.8 Å². The third-order valence-corrected chi connectivity index (χ3v) is 5.17. The third kappa shape index (κ3) is 5.11. The van der Waals surface area contributed by atoms with Crippen LogP contribution in [0.5, 0.6) is 5.75 Å². The maximum absolute atomic E-state index is 13.0. The molecule has 1 aliphatic heterocycles. The lowest BCUT2D eigenvalue weighted by Gasteiger charge is -2.26. The van der Waals surface area contributed by atoms with Crippen LogP contribution < -0.4 is 4.74 Å². The van der Waals surface area contributed by atoms with Crippen molar-refractivity contribution in [3.63, 3.8) is 0 Å². The standard InChI is InChI=1S/C24H29N3O4/c1-4-16-31-19-8-6-17(7-9-19)21-20(22(28)18-10-12-25-13-11-18)23(29)24(30)27(21)15-5-14-26(2)3/h6-13,21,28H,4-5,14-16H2,1-3H3/b22-20+/t21-/m1/s1. The number of likely N-dealkylation sites (tertiary alicyclic amines) is 1. The topological polar surface area (TPSA) is 83.0 Å². The number of hydrogen-bond donors (Lipinski definition) is 1. The van der Waals surface area contributed by atoms with E-state index in [-0.39, 0.29) is 11.3 Å². The van der Waals surface area contributed by atoms with Crippen molar-refractivity contribution >= 4 is 17.4 Å². The summed E-state index contributed by atoms with van der Waals surface area (Å²) in [4.78, 5) is 33.4. The molecule has 3 rings (SSSR count). The molecule has 0 bridgehead atoms. The number of aromatic nitrogens is 1. The van der Waals surface area contributed by atoms with Crippen molar-refractivity contribution < 1.29 is 19.4 Å². The van der Waals surface area contributed by atoms with Crippen LogP contribution in [0.4, 0.5) is 0 Å². The summed E-state index contributed by atoms with van der Waals surface area (Å²) >= 11 is 0. The number of nitrogens with zero attached hydrogens (tertiary/aromatic N) is 3. The minimum atomic E-state index is -0.671. The van der Waals surface area contributed by atoms with Gasteiger partial charge in [-0.2, -0.15) is 0 Å². The monoisotopic (exact) mass is 423 g/mol. The van der Waals surface area contributed by atoms with Gasteiger partial charge in [-0.05, 0) is 63.3 Å². The lowest BCUT2D eigenvalue weighted by atomic mass is 9.95. The van der Waals surface area contributed by atoms with Gasteiger partial charge in [-0.1, -0.05) is 19.1 Å². The number of Topliss-reactive ketones (excluding diaryl/α,β-unsaturated/α-hetero) is 1. The van der Waals surface area contributed by atoms with Crippen LogP contribution in [0.1, 0.15) is 36.9 Å². The fourth-order valence-electron chi connectivity index (χ4n) is 3.65. The summed E-state index contributed by atoms with van der Waals surface area (Å²) in [5, 5.41) is 11.0. The highest BCUT2D eigenvalue weighted by Gasteiger charge is 2.45. The summed E-state index contributed by atoms with van der Waals surface area (Å²) < 4.78 is 5.66. The van der Waals surface area contributed by atoms with E-state index in [9.17, 15) is 14.7 Å². The molecule has 7 nitrogen and oxygen atoms in total. The molecule has 0 radical (unpaired) electrons. The van der Waals surface area contributed by atoms with E-state index < -0.39 is 17.7 Å². The Labute approximate surface area is 183 Å². The van der Waals surface area contributed by atoms with E-state index in [0.29, 0.717) is 25.1 Å². The van der Waals surface area contributed by atoms with Crippen molar-refractivity contribution in [3.05, 3.63) is 65.5 Å². The molecular formula is C24H29N3O4. The first kappa shape index (κ1) is 22.5. The molecule has 31 heavy (non-hydrogen) atoms. The first-order valence-corrected chi connectivity index (χ1v) is 10.5. The smallest absolute Gasteiger partial charge is 0.295 e. The zero-order chi connectivity index (χ0) is 22.4. The Kier molecular flexibility index (Phi) is 7.41. The van der Waals surface area contributed by atoms with Gasteiger partial charge in [0.1, 0.15) is 11.5 Å². The number of aliphatic hydroxyl groups is 1.